The molecule has 9 heteroatoms. The average molecular weight is 379 g/mol. The highest BCUT2D eigenvalue weighted by Gasteiger charge is 2.24. The molecule has 1 N–H and O–H groups in total. The van der Waals surface area contributed by atoms with Crippen molar-refractivity contribution in [3.05, 3.63) is 66.6 Å². The van der Waals surface area contributed by atoms with Gasteiger partial charge in [0.05, 0.1) is 12.4 Å². The molecular weight excluding hydrogens is 361 g/mol. The lowest BCUT2D eigenvalue weighted by Gasteiger charge is -2.34. The summed E-state index contributed by atoms with van der Waals surface area (Å²) < 4.78 is 13.2. The highest BCUT2D eigenvalue weighted by Crippen LogP contribution is 2.16. The van der Waals surface area contributed by atoms with E-state index in [2.05, 4.69) is 25.3 Å². The van der Waals surface area contributed by atoms with Crippen LogP contribution in [0, 0.1) is 5.82 Å². The molecule has 1 aliphatic heterocycles. The zero-order chi connectivity index (χ0) is 19.3. The standard InChI is InChI=1S/C19H18FN7O/c20-14-3-1-4-15(11-14)25-17-13-23-16(12-24-17)18(28)26-7-9-27(10-8-26)19-21-5-2-6-22-19/h1-6,11-13H,7-10H2,(H,24,25). The molecule has 1 aromatic carbocycles. The largest absolute Gasteiger partial charge is 0.339 e. The molecule has 0 saturated carbocycles. The first kappa shape index (κ1) is 17.8. The van der Waals surface area contributed by atoms with Crippen molar-refractivity contribution >= 4 is 23.4 Å². The second kappa shape index (κ2) is 7.95. The highest BCUT2D eigenvalue weighted by atomic mass is 19.1. The van der Waals surface area contributed by atoms with Crippen LogP contribution in [0.5, 0.6) is 0 Å². The monoisotopic (exact) mass is 379 g/mol. The molecule has 8 nitrogen and oxygen atoms in total. The number of benzene rings is 1. The molecule has 2 aromatic heterocycles. The zero-order valence-corrected chi connectivity index (χ0v) is 15.0. The second-order valence-corrected chi connectivity index (χ2v) is 6.25. The van der Waals surface area contributed by atoms with Gasteiger partial charge in [-0.15, -0.1) is 0 Å². The van der Waals surface area contributed by atoms with Crippen LogP contribution >= 0.6 is 0 Å². The minimum absolute atomic E-state index is 0.168. The summed E-state index contributed by atoms with van der Waals surface area (Å²) in [6.45, 7) is 2.43. The van der Waals surface area contributed by atoms with E-state index in [-0.39, 0.29) is 17.4 Å². The number of halogens is 1. The Balaban J connectivity index is 1.36. The fraction of sp³-hybridized carbons (Fsp3) is 0.211. The Kier molecular flexibility index (Phi) is 5.05. The van der Waals surface area contributed by atoms with Crippen LogP contribution < -0.4 is 10.2 Å². The Morgan fingerprint density at radius 2 is 1.75 bits per heavy atom. The zero-order valence-electron chi connectivity index (χ0n) is 15.0. The number of aromatic nitrogens is 4. The van der Waals surface area contributed by atoms with Crippen molar-refractivity contribution in [2.75, 3.05) is 36.4 Å². The maximum atomic E-state index is 13.2. The maximum absolute atomic E-state index is 13.2. The summed E-state index contributed by atoms with van der Waals surface area (Å²) in [7, 11) is 0. The van der Waals surface area contributed by atoms with Gasteiger partial charge in [-0.3, -0.25) is 4.79 Å². The number of piperazine rings is 1. The molecule has 28 heavy (non-hydrogen) atoms. The van der Waals surface area contributed by atoms with Gasteiger partial charge in [0.1, 0.15) is 17.3 Å². The Labute approximate surface area is 161 Å². The van der Waals surface area contributed by atoms with Gasteiger partial charge in [0.15, 0.2) is 0 Å². The summed E-state index contributed by atoms with van der Waals surface area (Å²) in [5.74, 6) is 0.596. The minimum atomic E-state index is -0.343. The van der Waals surface area contributed by atoms with Gasteiger partial charge in [0, 0.05) is 44.3 Å². The van der Waals surface area contributed by atoms with Crippen molar-refractivity contribution in [3.63, 3.8) is 0 Å². The quantitative estimate of drug-likeness (QED) is 0.743. The first-order chi connectivity index (χ1) is 13.7. The van der Waals surface area contributed by atoms with Crippen molar-refractivity contribution < 1.29 is 9.18 Å². The van der Waals surface area contributed by atoms with E-state index in [4.69, 9.17) is 0 Å². The van der Waals surface area contributed by atoms with Gasteiger partial charge >= 0.3 is 0 Å². The van der Waals surface area contributed by atoms with Gasteiger partial charge in [0.25, 0.3) is 5.91 Å². The molecule has 142 valence electrons. The molecule has 1 saturated heterocycles. The normalized spacial score (nSPS) is 14.0. The number of anilines is 3. The molecule has 3 heterocycles. The van der Waals surface area contributed by atoms with Gasteiger partial charge in [-0.25, -0.2) is 24.3 Å². The number of nitrogens with zero attached hydrogens (tertiary/aromatic N) is 6. The third kappa shape index (κ3) is 4.03. The Morgan fingerprint density at radius 1 is 0.964 bits per heavy atom. The minimum Gasteiger partial charge on any atom is -0.339 e. The average Bonchev–Trinajstić information content (AvgIpc) is 2.75. The van der Waals surface area contributed by atoms with Crippen LogP contribution in [0.25, 0.3) is 0 Å². The molecule has 1 amide bonds. The first-order valence-electron chi connectivity index (χ1n) is 8.85. The summed E-state index contributed by atoms with van der Waals surface area (Å²) in [4.78, 5) is 33.3. The summed E-state index contributed by atoms with van der Waals surface area (Å²) in [6.07, 6.45) is 6.30. The number of rotatable bonds is 4. The van der Waals surface area contributed by atoms with Crippen LogP contribution in [0.2, 0.25) is 0 Å². The predicted octanol–water partition coefficient (Wildman–Crippen LogP) is 2.11. The lowest BCUT2D eigenvalue weighted by Crippen LogP contribution is -2.49. The van der Waals surface area contributed by atoms with E-state index in [1.807, 2.05) is 4.90 Å². The molecule has 0 radical (unpaired) electrons. The molecule has 1 fully saturated rings. The third-order valence-electron chi connectivity index (χ3n) is 4.37. The summed E-state index contributed by atoms with van der Waals surface area (Å²) in [6, 6.07) is 7.82. The van der Waals surface area contributed by atoms with Crippen LogP contribution in [0.15, 0.2) is 55.1 Å². The summed E-state index contributed by atoms with van der Waals surface area (Å²) in [5.41, 5.74) is 0.835. The van der Waals surface area contributed by atoms with Gasteiger partial charge in [0.2, 0.25) is 5.95 Å². The number of hydrogen-bond donors (Lipinski definition) is 1. The molecule has 1 aliphatic rings. The molecule has 3 aromatic rings. The van der Waals surface area contributed by atoms with Crippen molar-refractivity contribution in [1.82, 2.24) is 24.8 Å². The van der Waals surface area contributed by atoms with Crippen LogP contribution in [-0.4, -0.2) is 56.9 Å². The third-order valence-corrected chi connectivity index (χ3v) is 4.37. The van der Waals surface area contributed by atoms with E-state index in [1.165, 1.54) is 24.5 Å². The Morgan fingerprint density at radius 3 is 2.43 bits per heavy atom. The number of hydrogen-bond acceptors (Lipinski definition) is 7. The number of carbonyl (C=O) groups excluding carboxylic acids is 1. The maximum Gasteiger partial charge on any atom is 0.274 e. The van der Waals surface area contributed by atoms with Gasteiger partial charge < -0.3 is 15.1 Å². The Bertz CT molecular complexity index is 944. The molecule has 0 atom stereocenters. The van der Waals surface area contributed by atoms with Crippen molar-refractivity contribution in [3.8, 4) is 0 Å². The summed E-state index contributed by atoms with van der Waals surface area (Å²) in [5, 5.41) is 2.96. The first-order valence-corrected chi connectivity index (χ1v) is 8.85. The number of carbonyl (C=O) groups is 1. The predicted molar refractivity (Wildman–Crippen MR) is 102 cm³/mol. The van der Waals surface area contributed by atoms with Gasteiger partial charge in [-0.2, -0.15) is 0 Å². The van der Waals surface area contributed by atoms with E-state index in [9.17, 15) is 9.18 Å². The van der Waals surface area contributed by atoms with E-state index >= 15 is 0 Å². The SMILES string of the molecule is O=C(c1cnc(Nc2cccc(F)c2)cn1)N1CCN(c2ncccn2)CC1. The van der Waals surface area contributed by atoms with E-state index in [0.29, 0.717) is 43.6 Å². The second-order valence-electron chi connectivity index (χ2n) is 6.25. The molecule has 0 bridgehead atoms. The van der Waals surface area contributed by atoms with Crippen molar-refractivity contribution in [1.29, 1.82) is 0 Å². The smallest absolute Gasteiger partial charge is 0.274 e. The van der Waals surface area contributed by atoms with Crippen molar-refractivity contribution in [2.24, 2.45) is 0 Å². The lowest BCUT2D eigenvalue weighted by molar-refractivity contribution is 0.0740. The fourth-order valence-corrected chi connectivity index (χ4v) is 2.94. The van der Waals surface area contributed by atoms with E-state index in [0.717, 1.165) is 0 Å². The summed E-state index contributed by atoms with van der Waals surface area (Å²) >= 11 is 0. The highest BCUT2D eigenvalue weighted by molar-refractivity contribution is 5.92. The van der Waals surface area contributed by atoms with Crippen LogP contribution in [-0.2, 0) is 0 Å². The van der Waals surface area contributed by atoms with Gasteiger partial charge in [-0.05, 0) is 24.3 Å². The molecule has 0 spiro atoms. The fourth-order valence-electron chi connectivity index (χ4n) is 2.94. The van der Waals surface area contributed by atoms with Gasteiger partial charge in [-0.1, -0.05) is 6.07 Å². The van der Waals surface area contributed by atoms with E-state index < -0.39 is 0 Å². The van der Waals surface area contributed by atoms with Crippen LogP contribution in [0.3, 0.4) is 0 Å². The molecule has 4 rings (SSSR count). The van der Waals surface area contributed by atoms with Crippen molar-refractivity contribution in [2.45, 2.75) is 0 Å². The van der Waals surface area contributed by atoms with E-state index in [1.54, 1.807) is 35.5 Å². The lowest BCUT2D eigenvalue weighted by atomic mass is 10.3. The van der Waals surface area contributed by atoms with Crippen LogP contribution in [0.1, 0.15) is 10.5 Å². The number of amides is 1. The molecular formula is C19H18FN7O. The molecule has 0 aliphatic carbocycles. The number of nitrogens with one attached hydrogen (secondary N) is 1. The molecule has 0 unspecified atom stereocenters. The van der Waals surface area contributed by atoms with Crippen LogP contribution in [0.4, 0.5) is 21.8 Å². The topological polar surface area (TPSA) is 87.1 Å². The Hall–Kier alpha value is -3.62.